The Bertz CT molecular complexity index is 1290. The number of anilines is 2. The van der Waals surface area contributed by atoms with Crippen LogP contribution in [-0.2, 0) is 0 Å². The van der Waals surface area contributed by atoms with Crippen LogP contribution in [0.3, 0.4) is 0 Å². The fraction of sp³-hybridized carbons (Fsp3) is 0.516. The summed E-state index contributed by atoms with van der Waals surface area (Å²) in [5, 5.41) is 3.90. The molecule has 2 aliphatic rings. The Morgan fingerprint density at radius 1 is 0.952 bits per heavy atom. The molecule has 2 amide bonds. The number of halogens is 1. The Balaban J connectivity index is 0.00000405. The van der Waals surface area contributed by atoms with Gasteiger partial charge in [0.05, 0.1) is 25.3 Å². The third-order valence-electron chi connectivity index (χ3n) is 7.57. The van der Waals surface area contributed by atoms with Gasteiger partial charge in [0.15, 0.2) is 11.5 Å². The number of rotatable bonds is 10. The Labute approximate surface area is 247 Å². The molecule has 228 valence electrons. The number of nitrogens with zero attached hydrogens (tertiary/aromatic N) is 5. The van der Waals surface area contributed by atoms with Crippen LogP contribution in [0.15, 0.2) is 42.7 Å². The number of piperidine rings is 1. The molecule has 11 heteroatoms. The van der Waals surface area contributed by atoms with Crippen LogP contribution in [0.2, 0.25) is 0 Å². The summed E-state index contributed by atoms with van der Waals surface area (Å²) in [5.74, 6) is 3.00. The van der Waals surface area contributed by atoms with Gasteiger partial charge in [-0.05, 0) is 76.5 Å². The molecule has 0 bridgehead atoms. The first-order valence-corrected chi connectivity index (χ1v) is 14.8. The van der Waals surface area contributed by atoms with Crippen molar-refractivity contribution in [2.75, 3.05) is 69.7 Å². The lowest BCUT2D eigenvalue weighted by Gasteiger charge is -2.35. The highest BCUT2D eigenvalue weighted by Gasteiger charge is 2.24. The monoisotopic (exact) mass is 582 g/mol. The molecule has 2 saturated heterocycles. The van der Waals surface area contributed by atoms with Gasteiger partial charge in [-0.15, -0.1) is 0 Å². The maximum Gasteiger partial charge on any atom is 0.321 e. The normalized spacial score (nSPS) is 15.8. The van der Waals surface area contributed by atoms with Gasteiger partial charge in [0.2, 0.25) is 0 Å². The molecule has 5 rings (SSSR count). The van der Waals surface area contributed by atoms with E-state index in [0.717, 1.165) is 41.1 Å². The topological polar surface area (TPSA) is 92.3 Å². The van der Waals surface area contributed by atoms with E-state index in [-0.39, 0.29) is 16.8 Å². The summed E-state index contributed by atoms with van der Waals surface area (Å²) in [4.78, 5) is 28.6. The van der Waals surface area contributed by atoms with Crippen molar-refractivity contribution in [3.05, 3.63) is 42.7 Å². The minimum atomic E-state index is -0.113. The molecule has 10 nitrogen and oxygen atoms in total. The van der Waals surface area contributed by atoms with Crippen molar-refractivity contribution >= 4 is 28.4 Å². The van der Waals surface area contributed by atoms with Crippen molar-refractivity contribution in [3.63, 3.8) is 0 Å². The van der Waals surface area contributed by atoms with E-state index in [1.807, 2.05) is 55.1 Å². The van der Waals surface area contributed by atoms with Gasteiger partial charge >= 0.3 is 6.03 Å². The molecule has 0 saturated carbocycles. The number of carbonyl (C=O) groups excluding carboxylic acids is 1. The van der Waals surface area contributed by atoms with Crippen LogP contribution in [0.25, 0.3) is 10.9 Å². The third-order valence-corrected chi connectivity index (χ3v) is 7.57. The van der Waals surface area contributed by atoms with Crippen LogP contribution in [0, 0.1) is 0 Å². The van der Waals surface area contributed by atoms with Gasteiger partial charge in [0, 0.05) is 49.9 Å². The van der Waals surface area contributed by atoms with E-state index in [1.54, 1.807) is 13.4 Å². The van der Waals surface area contributed by atoms with Crippen molar-refractivity contribution in [3.8, 4) is 17.2 Å². The average molecular weight is 583 g/mol. The Kier molecular flexibility index (Phi) is 11.0. The van der Waals surface area contributed by atoms with E-state index in [1.165, 1.54) is 32.4 Å². The Morgan fingerprint density at radius 2 is 1.69 bits per heavy atom. The maximum atomic E-state index is 12.9. The molecule has 3 aromatic rings. The zero-order chi connectivity index (χ0) is 28.6. The van der Waals surface area contributed by atoms with E-state index < -0.39 is 0 Å². The minimum absolute atomic E-state index is 0. The number of hydrogen-bond donors (Lipinski definition) is 1. The SMILES string of the molecule is COc1cc2c(N3CCN(C(=O)Nc4ccc(OC(C)C)cc4)CC3)ncnc2cc1OCCCN1CCCCC1.F. The fourth-order valence-electron chi connectivity index (χ4n) is 5.44. The van der Waals surface area contributed by atoms with Crippen molar-refractivity contribution in [1.82, 2.24) is 19.8 Å². The molecular weight excluding hydrogens is 539 g/mol. The first-order valence-electron chi connectivity index (χ1n) is 14.8. The van der Waals surface area contributed by atoms with Gasteiger partial charge < -0.3 is 34.2 Å². The molecule has 0 spiro atoms. The summed E-state index contributed by atoms with van der Waals surface area (Å²) in [5.41, 5.74) is 1.55. The van der Waals surface area contributed by atoms with Crippen LogP contribution in [-0.4, -0.2) is 91.4 Å². The lowest BCUT2D eigenvalue weighted by atomic mass is 10.1. The fourth-order valence-corrected chi connectivity index (χ4v) is 5.44. The highest BCUT2D eigenvalue weighted by molar-refractivity contribution is 5.92. The number of aromatic nitrogens is 2. The number of urea groups is 1. The van der Waals surface area contributed by atoms with Crippen LogP contribution in [0.1, 0.15) is 39.5 Å². The lowest BCUT2D eigenvalue weighted by Crippen LogP contribution is -2.50. The standard InChI is InChI=1S/C31H42N6O4.FH/c1-23(2)41-25-10-8-24(9-11-25)34-31(38)37-17-15-36(16-18-37)30-26-20-28(39-3)29(21-27(26)32-22-33-30)40-19-7-14-35-12-5-4-6-13-35;/h8-11,20-23H,4-7,12-19H2,1-3H3,(H,34,38);1H. The summed E-state index contributed by atoms with van der Waals surface area (Å²) < 4.78 is 17.5. The molecule has 1 aromatic heterocycles. The average Bonchev–Trinajstić information content (AvgIpc) is 3.00. The number of amides is 2. The number of benzene rings is 2. The molecule has 0 aliphatic carbocycles. The number of nitrogens with one attached hydrogen (secondary N) is 1. The first kappa shape index (κ1) is 31.1. The van der Waals surface area contributed by atoms with E-state index >= 15 is 0 Å². The van der Waals surface area contributed by atoms with Crippen molar-refractivity contribution in [1.29, 1.82) is 0 Å². The Hall–Kier alpha value is -3.86. The number of piperazine rings is 1. The molecule has 0 atom stereocenters. The van der Waals surface area contributed by atoms with Crippen LogP contribution >= 0.6 is 0 Å². The van der Waals surface area contributed by atoms with Crippen LogP contribution in [0.5, 0.6) is 17.2 Å². The molecule has 2 aliphatic heterocycles. The summed E-state index contributed by atoms with van der Waals surface area (Å²) in [7, 11) is 1.66. The maximum absolute atomic E-state index is 12.9. The van der Waals surface area contributed by atoms with Crippen molar-refractivity contribution in [2.24, 2.45) is 0 Å². The van der Waals surface area contributed by atoms with Gasteiger partial charge in [-0.1, -0.05) is 6.42 Å². The summed E-state index contributed by atoms with van der Waals surface area (Å²) in [6.07, 6.45) is 6.62. The largest absolute Gasteiger partial charge is 0.493 e. The van der Waals surface area contributed by atoms with Gasteiger partial charge in [0.1, 0.15) is 17.9 Å². The quantitative estimate of drug-likeness (QED) is 0.327. The molecule has 2 aromatic carbocycles. The van der Waals surface area contributed by atoms with E-state index in [9.17, 15) is 4.79 Å². The third kappa shape index (κ3) is 7.90. The van der Waals surface area contributed by atoms with Gasteiger partial charge in [-0.3, -0.25) is 4.70 Å². The summed E-state index contributed by atoms with van der Waals surface area (Å²) >= 11 is 0. The lowest BCUT2D eigenvalue weighted by molar-refractivity contribution is 0.203. The van der Waals surface area contributed by atoms with E-state index in [0.29, 0.717) is 44.3 Å². The number of hydrogen-bond acceptors (Lipinski definition) is 8. The zero-order valence-electron chi connectivity index (χ0n) is 24.9. The predicted molar refractivity (Wildman–Crippen MR) is 164 cm³/mol. The highest BCUT2D eigenvalue weighted by atomic mass is 19.0. The predicted octanol–water partition coefficient (Wildman–Crippen LogP) is 5.19. The number of carbonyl (C=O) groups is 1. The molecular formula is C31H43FN6O4. The number of likely N-dealkylation sites (tertiary alicyclic amines) is 1. The molecule has 0 unspecified atom stereocenters. The summed E-state index contributed by atoms with van der Waals surface area (Å²) in [6.45, 7) is 10.6. The smallest absolute Gasteiger partial charge is 0.321 e. The molecule has 1 N–H and O–H groups in total. The number of fused-ring (bicyclic) bond motifs is 1. The van der Waals surface area contributed by atoms with Gasteiger partial charge in [-0.25, -0.2) is 14.8 Å². The van der Waals surface area contributed by atoms with Crippen LogP contribution < -0.4 is 24.4 Å². The zero-order valence-corrected chi connectivity index (χ0v) is 24.9. The molecule has 0 radical (unpaired) electrons. The van der Waals surface area contributed by atoms with E-state index in [2.05, 4.69) is 25.1 Å². The number of methoxy groups -OCH3 is 1. The summed E-state index contributed by atoms with van der Waals surface area (Å²) in [6, 6.07) is 11.3. The highest BCUT2D eigenvalue weighted by Crippen LogP contribution is 2.35. The second kappa shape index (κ2) is 14.9. The van der Waals surface area contributed by atoms with Crippen molar-refractivity contribution < 1.29 is 23.7 Å². The number of ether oxygens (including phenoxy) is 3. The molecule has 3 heterocycles. The van der Waals surface area contributed by atoms with E-state index in [4.69, 9.17) is 14.2 Å². The second-order valence-electron chi connectivity index (χ2n) is 10.9. The molecule has 42 heavy (non-hydrogen) atoms. The molecule has 2 fully saturated rings. The van der Waals surface area contributed by atoms with Gasteiger partial charge in [0.25, 0.3) is 0 Å². The minimum Gasteiger partial charge on any atom is -0.493 e. The van der Waals surface area contributed by atoms with Crippen molar-refractivity contribution in [2.45, 2.75) is 45.6 Å². The van der Waals surface area contributed by atoms with Crippen LogP contribution in [0.4, 0.5) is 21.0 Å². The first-order chi connectivity index (χ1) is 20.0. The Morgan fingerprint density at radius 3 is 2.38 bits per heavy atom. The second-order valence-corrected chi connectivity index (χ2v) is 10.9. The van der Waals surface area contributed by atoms with Gasteiger partial charge in [-0.2, -0.15) is 0 Å².